The van der Waals surface area contributed by atoms with Gasteiger partial charge in [0.15, 0.2) is 0 Å². The van der Waals surface area contributed by atoms with Gasteiger partial charge in [-0.25, -0.2) is 0 Å². The molecule has 0 aliphatic heterocycles. The minimum atomic E-state index is -1.89. The van der Waals surface area contributed by atoms with Crippen molar-refractivity contribution in [2.45, 2.75) is 39.1 Å². The molecule has 0 rings (SSSR count). The van der Waals surface area contributed by atoms with Crippen LogP contribution in [0.5, 0.6) is 0 Å². The van der Waals surface area contributed by atoms with Crippen LogP contribution < -0.4 is 5.73 Å². The van der Waals surface area contributed by atoms with Gasteiger partial charge in [-0.3, -0.25) is 0 Å². The summed E-state index contributed by atoms with van der Waals surface area (Å²) in [4.78, 5) is 0. The standard InChI is InChI=1S/C6H15N/c1-4-6(3,7)5-2/h4-5,7H2,1-3H3/i1D3. The zero-order valence-corrected chi connectivity index (χ0v) is 4.99. The Balaban J connectivity index is 3.89. The van der Waals surface area contributed by atoms with E-state index in [1.54, 1.807) is 6.92 Å². The van der Waals surface area contributed by atoms with Gasteiger partial charge >= 0.3 is 0 Å². The van der Waals surface area contributed by atoms with Crippen LogP contribution in [0, 0.1) is 0 Å². The fourth-order valence-electron chi connectivity index (χ4n) is 0.125. The second kappa shape index (κ2) is 2.31. The molecule has 1 atom stereocenters. The van der Waals surface area contributed by atoms with Gasteiger partial charge in [-0.15, -0.1) is 0 Å². The van der Waals surface area contributed by atoms with E-state index in [1.165, 1.54) is 0 Å². The fourth-order valence-corrected chi connectivity index (χ4v) is 0.125. The Morgan fingerprint density at radius 2 is 2.29 bits per heavy atom. The van der Waals surface area contributed by atoms with E-state index in [0.29, 0.717) is 6.42 Å². The molecule has 0 heterocycles. The molecule has 44 valence electrons. The van der Waals surface area contributed by atoms with E-state index in [-0.39, 0.29) is 6.42 Å². The van der Waals surface area contributed by atoms with Crippen molar-refractivity contribution in [3.8, 4) is 0 Å². The third-order valence-electron chi connectivity index (χ3n) is 1.21. The minimum Gasteiger partial charge on any atom is -0.325 e. The lowest BCUT2D eigenvalue weighted by molar-refractivity contribution is 0.437. The Hall–Kier alpha value is -0.0400. The third-order valence-corrected chi connectivity index (χ3v) is 1.21. The first-order valence-electron chi connectivity index (χ1n) is 4.06. The van der Waals surface area contributed by atoms with Gasteiger partial charge < -0.3 is 5.73 Å². The lowest BCUT2D eigenvalue weighted by Crippen LogP contribution is -2.33. The average molecular weight is 104 g/mol. The van der Waals surface area contributed by atoms with Crippen LogP contribution in [0.4, 0.5) is 0 Å². The van der Waals surface area contributed by atoms with Crippen LogP contribution in [-0.2, 0) is 0 Å². The highest BCUT2D eigenvalue weighted by atomic mass is 14.7. The van der Waals surface area contributed by atoms with Crippen molar-refractivity contribution in [3.63, 3.8) is 0 Å². The summed E-state index contributed by atoms with van der Waals surface area (Å²) < 4.78 is 20.8. The molecule has 7 heavy (non-hydrogen) atoms. The first-order chi connectivity index (χ1) is 4.27. The zero-order valence-electron chi connectivity index (χ0n) is 7.99. The van der Waals surface area contributed by atoms with E-state index in [0.717, 1.165) is 0 Å². The Kier molecular flexibility index (Phi) is 1.02. The topological polar surface area (TPSA) is 26.0 Å². The molecule has 0 spiro atoms. The maximum Gasteiger partial charge on any atom is 0.0231 e. The Morgan fingerprint density at radius 3 is 2.43 bits per heavy atom. The summed E-state index contributed by atoms with van der Waals surface area (Å²) in [5.41, 5.74) is 5.11. The van der Waals surface area contributed by atoms with Crippen LogP contribution in [0.25, 0.3) is 0 Å². The molecule has 0 aliphatic carbocycles. The van der Waals surface area contributed by atoms with Crippen molar-refractivity contribution in [1.29, 1.82) is 0 Å². The maximum absolute atomic E-state index is 6.94. The van der Waals surface area contributed by atoms with Gasteiger partial charge in [0.1, 0.15) is 0 Å². The quantitative estimate of drug-likeness (QED) is 0.565. The summed E-state index contributed by atoms with van der Waals surface area (Å²) in [5, 5.41) is 0. The molecule has 1 unspecified atom stereocenters. The maximum atomic E-state index is 6.94. The zero-order chi connectivity index (χ0) is 8.41. The molecule has 1 nitrogen and oxygen atoms in total. The highest BCUT2D eigenvalue weighted by Gasteiger charge is 2.10. The van der Waals surface area contributed by atoms with Gasteiger partial charge in [-0.1, -0.05) is 13.8 Å². The molecule has 0 aromatic rings. The Bertz CT molecular complexity index is 106. The lowest BCUT2D eigenvalue weighted by atomic mass is 9.98. The van der Waals surface area contributed by atoms with Crippen molar-refractivity contribution in [1.82, 2.24) is 0 Å². The first-order valence-corrected chi connectivity index (χ1v) is 2.56. The molecule has 0 aromatic carbocycles. The number of hydrogen-bond acceptors (Lipinski definition) is 1. The SMILES string of the molecule is [2H]C([2H])([2H])CC(C)(N)CC. The van der Waals surface area contributed by atoms with Gasteiger partial charge in [0.05, 0.1) is 0 Å². The predicted molar refractivity (Wildman–Crippen MR) is 33.2 cm³/mol. The second-order valence-corrected chi connectivity index (χ2v) is 2.18. The molecule has 0 aromatic heterocycles. The van der Waals surface area contributed by atoms with Crippen LogP contribution in [0.2, 0.25) is 0 Å². The second-order valence-electron chi connectivity index (χ2n) is 2.18. The normalized spacial score (nSPS) is 27.0. The van der Waals surface area contributed by atoms with Crippen molar-refractivity contribution in [2.24, 2.45) is 5.73 Å². The fraction of sp³-hybridized carbons (Fsp3) is 1.00. The van der Waals surface area contributed by atoms with Crippen LogP contribution in [0.3, 0.4) is 0 Å². The number of rotatable bonds is 2. The minimum absolute atomic E-state index is 0.0938. The summed E-state index contributed by atoms with van der Waals surface area (Å²) in [6.07, 6.45) is 0.794. The molecular formula is C6H15N. The van der Waals surface area contributed by atoms with E-state index in [4.69, 9.17) is 9.85 Å². The van der Waals surface area contributed by atoms with E-state index in [2.05, 4.69) is 0 Å². The number of hydrogen-bond donors (Lipinski definition) is 1. The summed E-state index contributed by atoms with van der Waals surface area (Å²) >= 11 is 0. The molecule has 0 saturated heterocycles. The van der Waals surface area contributed by atoms with E-state index in [9.17, 15) is 0 Å². The molecule has 0 saturated carbocycles. The monoisotopic (exact) mass is 104 g/mol. The highest BCUT2D eigenvalue weighted by Crippen LogP contribution is 2.07. The third kappa shape index (κ3) is 2.63. The molecule has 0 radical (unpaired) electrons. The van der Waals surface area contributed by atoms with Crippen LogP contribution in [0.15, 0.2) is 0 Å². The van der Waals surface area contributed by atoms with Gasteiger partial charge in [0.25, 0.3) is 0 Å². The molecule has 0 aliphatic rings. The smallest absolute Gasteiger partial charge is 0.0231 e. The molecule has 1 heteroatoms. The van der Waals surface area contributed by atoms with Crippen LogP contribution in [-0.4, -0.2) is 5.54 Å². The van der Waals surface area contributed by atoms with Gasteiger partial charge in [0, 0.05) is 9.65 Å². The first kappa shape index (κ1) is 3.08. The molecule has 2 N–H and O–H groups in total. The van der Waals surface area contributed by atoms with Crippen molar-refractivity contribution < 1.29 is 4.11 Å². The average Bonchev–Trinajstić information content (AvgIpc) is 1.60. The largest absolute Gasteiger partial charge is 0.325 e. The summed E-state index contributed by atoms with van der Waals surface area (Å²) in [5.74, 6) is 0. The molecule has 0 fully saturated rings. The summed E-state index contributed by atoms with van der Waals surface area (Å²) in [6, 6.07) is 0. The Labute approximate surface area is 50.1 Å². The summed E-state index contributed by atoms with van der Waals surface area (Å²) in [7, 11) is 0. The van der Waals surface area contributed by atoms with Gasteiger partial charge in [0.2, 0.25) is 0 Å². The van der Waals surface area contributed by atoms with E-state index in [1.807, 2.05) is 6.92 Å². The number of nitrogens with two attached hydrogens (primary N) is 1. The van der Waals surface area contributed by atoms with Crippen LogP contribution in [0.1, 0.15) is 37.7 Å². The predicted octanol–water partition coefficient (Wildman–Crippen LogP) is 1.52. The molecular weight excluding hydrogens is 86.1 g/mol. The lowest BCUT2D eigenvalue weighted by Gasteiger charge is -2.18. The van der Waals surface area contributed by atoms with Crippen molar-refractivity contribution >= 4 is 0 Å². The van der Waals surface area contributed by atoms with E-state index >= 15 is 0 Å². The molecule has 0 amide bonds. The van der Waals surface area contributed by atoms with E-state index < -0.39 is 12.4 Å². The van der Waals surface area contributed by atoms with Crippen molar-refractivity contribution in [3.05, 3.63) is 0 Å². The molecule has 0 bridgehead atoms. The Morgan fingerprint density at radius 1 is 1.71 bits per heavy atom. The van der Waals surface area contributed by atoms with Crippen LogP contribution >= 0.6 is 0 Å². The van der Waals surface area contributed by atoms with Gasteiger partial charge in [-0.05, 0) is 19.8 Å². The summed E-state index contributed by atoms with van der Waals surface area (Å²) in [6.45, 7) is 1.77. The van der Waals surface area contributed by atoms with Crippen molar-refractivity contribution in [2.75, 3.05) is 0 Å². The van der Waals surface area contributed by atoms with Gasteiger partial charge in [-0.2, -0.15) is 0 Å². The highest BCUT2D eigenvalue weighted by molar-refractivity contribution is 4.72.